The number of furan rings is 1. The highest BCUT2D eigenvalue weighted by Gasteiger charge is 2.18. The Labute approximate surface area is 137 Å². The topological polar surface area (TPSA) is 52.8 Å². The summed E-state index contributed by atoms with van der Waals surface area (Å²) in [5.41, 5.74) is 0. The zero-order valence-corrected chi connectivity index (χ0v) is 14.7. The smallest absolute Gasteiger partial charge is 0.191 e. The maximum absolute atomic E-state index is 5.54. The fourth-order valence-electron chi connectivity index (χ4n) is 2.52. The molecule has 0 aliphatic carbocycles. The molecule has 2 unspecified atom stereocenters. The Morgan fingerprint density at radius 2 is 2.36 bits per heavy atom. The Balaban J connectivity index is 1.92. The van der Waals surface area contributed by atoms with Crippen LogP contribution in [-0.2, 0) is 0 Å². The van der Waals surface area contributed by atoms with Crippen molar-refractivity contribution in [3.63, 3.8) is 0 Å². The molecule has 1 aliphatic heterocycles. The van der Waals surface area contributed by atoms with Gasteiger partial charge < -0.3 is 15.1 Å². The van der Waals surface area contributed by atoms with E-state index >= 15 is 0 Å². The summed E-state index contributed by atoms with van der Waals surface area (Å²) in [6.07, 6.45) is 4.37. The molecule has 2 N–H and O–H groups in total. The zero-order valence-electron chi connectivity index (χ0n) is 13.8. The van der Waals surface area contributed by atoms with Crippen LogP contribution in [0.15, 0.2) is 27.8 Å². The molecule has 0 amide bonds. The molecule has 1 aromatic rings. The van der Waals surface area contributed by atoms with Crippen molar-refractivity contribution in [2.75, 3.05) is 39.5 Å². The quantitative estimate of drug-likeness (QED) is 0.595. The summed E-state index contributed by atoms with van der Waals surface area (Å²) in [6.45, 7) is 4.63. The van der Waals surface area contributed by atoms with Crippen molar-refractivity contribution in [2.24, 2.45) is 4.99 Å². The molecule has 124 valence electrons. The van der Waals surface area contributed by atoms with Gasteiger partial charge in [0.25, 0.3) is 0 Å². The van der Waals surface area contributed by atoms with E-state index in [1.807, 2.05) is 12.1 Å². The average Bonchev–Trinajstić information content (AvgIpc) is 3.18. The van der Waals surface area contributed by atoms with Crippen LogP contribution in [-0.4, -0.2) is 55.6 Å². The van der Waals surface area contributed by atoms with E-state index in [1.165, 1.54) is 18.6 Å². The number of aliphatic imine (C=N–C) groups is 1. The molecule has 2 heterocycles. The van der Waals surface area contributed by atoms with Gasteiger partial charge >= 0.3 is 0 Å². The van der Waals surface area contributed by atoms with Crippen LogP contribution >= 0.6 is 11.8 Å². The van der Waals surface area contributed by atoms with Crippen LogP contribution in [0.4, 0.5) is 0 Å². The first kappa shape index (κ1) is 17.2. The van der Waals surface area contributed by atoms with Gasteiger partial charge in [-0.2, -0.15) is 11.8 Å². The van der Waals surface area contributed by atoms with E-state index in [0.29, 0.717) is 6.54 Å². The van der Waals surface area contributed by atoms with Crippen LogP contribution in [0.5, 0.6) is 0 Å². The number of guanidine groups is 1. The second-order valence-corrected chi connectivity index (χ2v) is 7.14. The summed E-state index contributed by atoms with van der Waals surface area (Å²) in [5.74, 6) is 3.14. The second kappa shape index (κ2) is 9.10. The molecule has 0 bridgehead atoms. The van der Waals surface area contributed by atoms with Crippen molar-refractivity contribution >= 4 is 17.7 Å². The van der Waals surface area contributed by atoms with Crippen molar-refractivity contribution in [2.45, 2.75) is 31.1 Å². The number of likely N-dealkylation sites (N-methyl/N-ethyl adjacent to an activating group) is 1. The van der Waals surface area contributed by atoms with Crippen molar-refractivity contribution in [1.29, 1.82) is 0 Å². The maximum atomic E-state index is 5.54. The first-order valence-corrected chi connectivity index (χ1v) is 9.09. The zero-order chi connectivity index (χ0) is 15.8. The highest BCUT2D eigenvalue weighted by atomic mass is 32.2. The lowest BCUT2D eigenvalue weighted by atomic mass is 10.2. The monoisotopic (exact) mass is 324 g/mol. The van der Waals surface area contributed by atoms with E-state index < -0.39 is 0 Å². The summed E-state index contributed by atoms with van der Waals surface area (Å²) in [4.78, 5) is 6.87. The molecule has 0 aromatic carbocycles. The van der Waals surface area contributed by atoms with Crippen molar-refractivity contribution in [3.05, 3.63) is 24.2 Å². The normalized spacial score (nSPS) is 20.4. The first-order chi connectivity index (χ1) is 10.7. The van der Waals surface area contributed by atoms with E-state index in [-0.39, 0.29) is 6.04 Å². The Morgan fingerprint density at radius 3 is 2.95 bits per heavy atom. The predicted octanol–water partition coefficient (Wildman–Crippen LogP) is 2.33. The third-order valence-electron chi connectivity index (χ3n) is 3.78. The second-order valence-electron chi connectivity index (χ2n) is 5.73. The fraction of sp³-hybridized carbons (Fsp3) is 0.688. The summed E-state index contributed by atoms with van der Waals surface area (Å²) < 4.78 is 5.54. The molecule has 2 rings (SSSR count). The molecule has 6 heteroatoms. The first-order valence-electron chi connectivity index (χ1n) is 8.04. The van der Waals surface area contributed by atoms with Gasteiger partial charge in [0.1, 0.15) is 5.76 Å². The molecule has 22 heavy (non-hydrogen) atoms. The Bertz CT molecular complexity index is 441. The highest BCUT2D eigenvalue weighted by Crippen LogP contribution is 2.25. The average molecular weight is 324 g/mol. The van der Waals surface area contributed by atoms with Crippen LogP contribution in [0, 0.1) is 0 Å². The van der Waals surface area contributed by atoms with E-state index in [1.54, 1.807) is 6.26 Å². The van der Waals surface area contributed by atoms with E-state index in [0.717, 1.165) is 30.1 Å². The van der Waals surface area contributed by atoms with Gasteiger partial charge in [0, 0.05) is 18.3 Å². The largest absolute Gasteiger partial charge is 0.468 e. The fourth-order valence-corrected chi connectivity index (χ4v) is 3.73. The highest BCUT2D eigenvalue weighted by molar-refractivity contribution is 8.00. The number of hydrogen-bond acceptors (Lipinski definition) is 4. The minimum atomic E-state index is 0.159. The van der Waals surface area contributed by atoms with Crippen molar-refractivity contribution < 1.29 is 4.42 Å². The van der Waals surface area contributed by atoms with Crippen LogP contribution in [0.25, 0.3) is 0 Å². The molecule has 1 aliphatic rings. The van der Waals surface area contributed by atoms with Gasteiger partial charge in [0.15, 0.2) is 5.96 Å². The van der Waals surface area contributed by atoms with Gasteiger partial charge in [0.05, 0.1) is 18.8 Å². The lowest BCUT2D eigenvalue weighted by Gasteiger charge is -2.21. The van der Waals surface area contributed by atoms with Crippen LogP contribution in [0.1, 0.15) is 31.6 Å². The number of thioether (sulfide) groups is 1. The van der Waals surface area contributed by atoms with Gasteiger partial charge in [-0.3, -0.25) is 9.89 Å². The SMILES string of the molecule is CCNC(=NCC(c1ccco1)N(C)C)NCC1CCCS1. The third-order valence-corrected chi connectivity index (χ3v) is 5.18. The lowest BCUT2D eigenvalue weighted by molar-refractivity contribution is 0.265. The maximum Gasteiger partial charge on any atom is 0.191 e. The standard InChI is InChI=1S/C16H28N4OS/c1-4-17-16(18-11-13-7-6-10-22-13)19-12-14(20(2)3)15-8-5-9-21-15/h5,8-9,13-14H,4,6-7,10-12H2,1-3H3,(H2,17,18,19). The van der Waals surface area contributed by atoms with Crippen LogP contribution < -0.4 is 10.6 Å². The Kier molecular flexibility index (Phi) is 7.12. The van der Waals surface area contributed by atoms with Crippen LogP contribution in [0.2, 0.25) is 0 Å². The summed E-state index contributed by atoms with van der Waals surface area (Å²) >= 11 is 2.06. The Morgan fingerprint density at radius 1 is 1.50 bits per heavy atom. The number of nitrogens with zero attached hydrogens (tertiary/aromatic N) is 2. The molecular formula is C16H28N4OS. The van der Waals surface area contributed by atoms with Gasteiger partial charge in [-0.25, -0.2) is 0 Å². The minimum Gasteiger partial charge on any atom is -0.468 e. The van der Waals surface area contributed by atoms with E-state index in [4.69, 9.17) is 9.41 Å². The molecule has 0 spiro atoms. The minimum absolute atomic E-state index is 0.159. The van der Waals surface area contributed by atoms with E-state index in [2.05, 4.69) is 48.3 Å². The van der Waals surface area contributed by atoms with Crippen molar-refractivity contribution in [1.82, 2.24) is 15.5 Å². The third kappa shape index (κ3) is 5.25. The Hall–Kier alpha value is -1.14. The molecule has 1 fully saturated rings. The van der Waals surface area contributed by atoms with Gasteiger partial charge in [-0.15, -0.1) is 0 Å². The van der Waals surface area contributed by atoms with E-state index in [9.17, 15) is 0 Å². The summed E-state index contributed by atoms with van der Waals surface area (Å²) in [5, 5.41) is 7.52. The molecule has 5 nitrogen and oxygen atoms in total. The van der Waals surface area contributed by atoms with Gasteiger partial charge in [-0.1, -0.05) is 0 Å². The number of nitrogens with one attached hydrogen (secondary N) is 2. The summed E-state index contributed by atoms with van der Waals surface area (Å²) in [6, 6.07) is 4.10. The number of hydrogen-bond donors (Lipinski definition) is 2. The van der Waals surface area contributed by atoms with Crippen molar-refractivity contribution in [3.8, 4) is 0 Å². The van der Waals surface area contributed by atoms with Gasteiger partial charge in [0.2, 0.25) is 0 Å². The van der Waals surface area contributed by atoms with Gasteiger partial charge in [-0.05, 0) is 51.7 Å². The molecule has 0 radical (unpaired) electrons. The lowest BCUT2D eigenvalue weighted by Crippen LogP contribution is -2.40. The molecule has 1 saturated heterocycles. The molecular weight excluding hydrogens is 296 g/mol. The summed E-state index contributed by atoms with van der Waals surface area (Å²) in [7, 11) is 4.11. The number of rotatable bonds is 7. The molecule has 0 saturated carbocycles. The molecule has 2 atom stereocenters. The molecule has 1 aromatic heterocycles. The predicted molar refractivity (Wildman–Crippen MR) is 94.6 cm³/mol. The van der Waals surface area contributed by atoms with Crippen LogP contribution in [0.3, 0.4) is 0 Å².